The van der Waals surface area contributed by atoms with Crippen LogP contribution in [-0.4, -0.2) is 30.5 Å². The van der Waals surface area contributed by atoms with Crippen LogP contribution < -0.4 is 11.3 Å². The number of rotatable bonds is 3. The molecule has 0 saturated heterocycles. The highest BCUT2D eigenvalue weighted by atomic mass is 16.2. The van der Waals surface area contributed by atoms with Crippen LogP contribution in [0, 0.1) is 13.8 Å². The molecular weight excluding hydrogens is 284 g/mol. The molecule has 3 rings (SSSR count). The van der Waals surface area contributed by atoms with E-state index in [-0.39, 0.29) is 12.1 Å². The van der Waals surface area contributed by atoms with E-state index in [0.29, 0.717) is 5.65 Å². The van der Waals surface area contributed by atoms with Crippen LogP contribution >= 0.6 is 0 Å². The second kappa shape index (κ2) is 5.06. The third kappa shape index (κ3) is 2.34. The number of hydrogen-bond acceptors (Lipinski definition) is 5. The number of carbonyl (C=O) groups excluding carboxylic acids is 1. The molecule has 0 aliphatic heterocycles. The van der Waals surface area contributed by atoms with Gasteiger partial charge >= 0.3 is 0 Å². The zero-order valence-corrected chi connectivity index (χ0v) is 12.1. The maximum atomic E-state index is 12.2. The smallest absolute Gasteiger partial charge is 0.284 e. The van der Waals surface area contributed by atoms with Crippen molar-refractivity contribution in [1.29, 1.82) is 0 Å². The highest BCUT2D eigenvalue weighted by Gasteiger charge is 2.14. The van der Waals surface area contributed by atoms with E-state index in [4.69, 9.17) is 5.73 Å². The molecule has 0 atom stereocenters. The first-order valence-corrected chi connectivity index (χ1v) is 6.63. The molecule has 0 saturated carbocycles. The van der Waals surface area contributed by atoms with Crippen molar-refractivity contribution in [2.24, 2.45) is 5.73 Å². The molecule has 2 aromatic heterocycles. The Labute approximate surface area is 125 Å². The first kappa shape index (κ1) is 13.9. The monoisotopic (exact) mass is 298 g/mol. The van der Waals surface area contributed by atoms with Crippen LogP contribution in [0.2, 0.25) is 0 Å². The molecular formula is C14H14N6O2. The lowest BCUT2D eigenvalue weighted by Crippen LogP contribution is -2.28. The van der Waals surface area contributed by atoms with E-state index in [1.807, 2.05) is 32.0 Å². The zero-order chi connectivity index (χ0) is 15.9. The van der Waals surface area contributed by atoms with Gasteiger partial charge in [0.2, 0.25) is 5.91 Å². The highest BCUT2D eigenvalue weighted by molar-refractivity contribution is 5.74. The Bertz CT molecular complexity index is 920. The Morgan fingerprint density at radius 2 is 1.91 bits per heavy atom. The molecule has 1 amide bonds. The van der Waals surface area contributed by atoms with E-state index in [1.165, 1.54) is 11.0 Å². The van der Waals surface area contributed by atoms with Crippen molar-refractivity contribution >= 4 is 17.1 Å². The van der Waals surface area contributed by atoms with Crippen molar-refractivity contribution in [3.05, 3.63) is 46.0 Å². The van der Waals surface area contributed by atoms with Crippen molar-refractivity contribution in [2.45, 2.75) is 20.4 Å². The number of aryl methyl sites for hydroxylation is 2. The third-order valence-corrected chi connectivity index (χ3v) is 3.21. The summed E-state index contributed by atoms with van der Waals surface area (Å²) < 4.78 is 2.62. The molecule has 3 aromatic rings. The zero-order valence-electron chi connectivity index (χ0n) is 12.1. The lowest BCUT2D eigenvalue weighted by Gasteiger charge is -2.05. The molecule has 0 fully saturated rings. The molecule has 0 radical (unpaired) electrons. The molecule has 8 heteroatoms. The van der Waals surface area contributed by atoms with Gasteiger partial charge in [0, 0.05) is 0 Å². The maximum absolute atomic E-state index is 12.2. The van der Waals surface area contributed by atoms with Gasteiger partial charge in [0.25, 0.3) is 5.56 Å². The van der Waals surface area contributed by atoms with Crippen molar-refractivity contribution in [3.8, 4) is 5.69 Å². The summed E-state index contributed by atoms with van der Waals surface area (Å²) in [5, 5.41) is 7.89. The standard InChI is InChI=1S/C14H14N6O2/c1-8-3-9(2)5-10(4-8)20-13-12(17-18-20)14(22)19(7-16-13)6-11(15)21/h3-5,7H,6H2,1-2H3,(H2,15,21). The van der Waals surface area contributed by atoms with Gasteiger partial charge in [-0.2, -0.15) is 4.68 Å². The first-order valence-electron chi connectivity index (χ1n) is 6.63. The number of carbonyl (C=O) groups is 1. The molecule has 22 heavy (non-hydrogen) atoms. The van der Waals surface area contributed by atoms with E-state index < -0.39 is 11.5 Å². The Balaban J connectivity index is 2.19. The third-order valence-electron chi connectivity index (χ3n) is 3.21. The van der Waals surface area contributed by atoms with Gasteiger partial charge in [-0.05, 0) is 37.1 Å². The van der Waals surface area contributed by atoms with Crippen LogP contribution in [0.5, 0.6) is 0 Å². The number of primary amides is 1. The summed E-state index contributed by atoms with van der Waals surface area (Å²) in [6.45, 7) is 3.71. The summed E-state index contributed by atoms with van der Waals surface area (Å²) in [6, 6.07) is 5.89. The summed E-state index contributed by atoms with van der Waals surface area (Å²) in [5.74, 6) is -0.620. The van der Waals surface area contributed by atoms with Crippen LogP contribution in [0.15, 0.2) is 29.3 Å². The minimum Gasteiger partial charge on any atom is -0.368 e. The van der Waals surface area contributed by atoms with Crippen LogP contribution in [0.1, 0.15) is 11.1 Å². The van der Waals surface area contributed by atoms with E-state index >= 15 is 0 Å². The Morgan fingerprint density at radius 1 is 1.23 bits per heavy atom. The highest BCUT2D eigenvalue weighted by Crippen LogP contribution is 2.15. The molecule has 0 unspecified atom stereocenters. The van der Waals surface area contributed by atoms with Crippen LogP contribution in [0.4, 0.5) is 0 Å². The molecule has 2 heterocycles. The van der Waals surface area contributed by atoms with E-state index in [1.54, 1.807) is 0 Å². The fourth-order valence-corrected chi connectivity index (χ4v) is 2.37. The van der Waals surface area contributed by atoms with Gasteiger partial charge in [-0.25, -0.2) is 4.98 Å². The van der Waals surface area contributed by atoms with Gasteiger partial charge in [0.05, 0.1) is 5.69 Å². The van der Waals surface area contributed by atoms with E-state index in [0.717, 1.165) is 21.4 Å². The van der Waals surface area contributed by atoms with Crippen LogP contribution in [0.25, 0.3) is 16.9 Å². The molecule has 0 bridgehead atoms. The maximum Gasteiger partial charge on any atom is 0.284 e. The van der Waals surface area contributed by atoms with Gasteiger partial charge < -0.3 is 5.73 Å². The molecule has 0 spiro atoms. The molecule has 1 aromatic carbocycles. The second-order valence-corrected chi connectivity index (χ2v) is 5.16. The number of fused-ring (bicyclic) bond motifs is 1. The fraction of sp³-hybridized carbons (Fsp3) is 0.214. The minimum absolute atomic E-state index is 0.0999. The number of nitrogens with zero attached hydrogens (tertiary/aromatic N) is 5. The molecule has 0 aliphatic carbocycles. The fourth-order valence-electron chi connectivity index (χ4n) is 2.37. The van der Waals surface area contributed by atoms with Gasteiger partial charge in [0.1, 0.15) is 12.9 Å². The largest absolute Gasteiger partial charge is 0.368 e. The summed E-state index contributed by atoms with van der Waals surface area (Å²) in [6.07, 6.45) is 1.28. The van der Waals surface area contributed by atoms with E-state index in [2.05, 4.69) is 15.3 Å². The number of aromatic nitrogens is 5. The number of nitrogens with two attached hydrogens (primary N) is 1. The summed E-state index contributed by atoms with van der Waals surface area (Å²) in [7, 11) is 0. The molecule has 8 nitrogen and oxygen atoms in total. The van der Waals surface area contributed by atoms with Gasteiger partial charge in [-0.3, -0.25) is 14.2 Å². The predicted molar refractivity (Wildman–Crippen MR) is 79.6 cm³/mol. The number of hydrogen-bond donors (Lipinski definition) is 1. The van der Waals surface area contributed by atoms with Gasteiger partial charge in [0.15, 0.2) is 11.2 Å². The predicted octanol–water partition coefficient (Wildman–Crippen LogP) is 0.0793. The number of benzene rings is 1. The van der Waals surface area contributed by atoms with E-state index in [9.17, 15) is 9.59 Å². The number of amides is 1. The summed E-state index contributed by atoms with van der Waals surface area (Å²) >= 11 is 0. The van der Waals surface area contributed by atoms with Gasteiger partial charge in [-0.15, -0.1) is 5.10 Å². The first-order chi connectivity index (χ1) is 10.5. The second-order valence-electron chi connectivity index (χ2n) is 5.16. The SMILES string of the molecule is Cc1cc(C)cc(-n2nnc3c(=O)n(CC(N)=O)cnc32)c1. The minimum atomic E-state index is -0.620. The molecule has 2 N–H and O–H groups in total. The summed E-state index contributed by atoms with van der Waals surface area (Å²) in [4.78, 5) is 27.4. The normalized spacial score (nSPS) is 11.0. The quantitative estimate of drug-likeness (QED) is 0.736. The van der Waals surface area contributed by atoms with Crippen molar-refractivity contribution in [1.82, 2.24) is 24.5 Å². The Kier molecular flexibility index (Phi) is 3.21. The lowest BCUT2D eigenvalue weighted by atomic mass is 10.1. The average Bonchev–Trinajstić information content (AvgIpc) is 2.85. The summed E-state index contributed by atoms with van der Waals surface area (Å²) in [5.41, 5.74) is 8.02. The van der Waals surface area contributed by atoms with Gasteiger partial charge in [-0.1, -0.05) is 11.3 Å². The lowest BCUT2D eigenvalue weighted by molar-refractivity contribution is -0.118. The van der Waals surface area contributed by atoms with Crippen molar-refractivity contribution in [3.63, 3.8) is 0 Å². The van der Waals surface area contributed by atoms with Crippen LogP contribution in [-0.2, 0) is 11.3 Å². The van der Waals surface area contributed by atoms with Crippen LogP contribution in [0.3, 0.4) is 0 Å². The van der Waals surface area contributed by atoms with Crippen molar-refractivity contribution in [2.75, 3.05) is 0 Å². The molecule has 112 valence electrons. The molecule has 0 aliphatic rings. The Hall–Kier alpha value is -3.03. The van der Waals surface area contributed by atoms with Crippen molar-refractivity contribution < 1.29 is 4.79 Å². The topological polar surface area (TPSA) is 109 Å². The Morgan fingerprint density at radius 3 is 2.55 bits per heavy atom. The average molecular weight is 298 g/mol.